The zero-order chi connectivity index (χ0) is 22.8. The van der Waals surface area contributed by atoms with Gasteiger partial charge in [0.15, 0.2) is 0 Å². The van der Waals surface area contributed by atoms with Gasteiger partial charge in [0.1, 0.15) is 5.65 Å². The lowest BCUT2D eigenvalue weighted by atomic mass is 10.2. The van der Waals surface area contributed by atoms with Crippen LogP contribution in [0.3, 0.4) is 0 Å². The van der Waals surface area contributed by atoms with Crippen LogP contribution in [-0.2, 0) is 16.6 Å². The molecular weight excluding hydrogens is 440 g/mol. The Bertz CT molecular complexity index is 1370. The lowest BCUT2D eigenvalue weighted by Gasteiger charge is -2.13. The Hall–Kier alpha value is -3.50. The number of fused-ring (bicyclic) bond motifs is 1. The Balaban J connectivity index is 1.26. The number of anilines is 1. The third-order valence-corrected chi connectivity index (χ3v) is 7.23. The number of rotatable bonds is 7. The molecule has 0 atom stereocenters. The van der Waals surface area contributed by atoms with Gasteiger partial charge in [-0.2, -0.15) is 5.10 Å². The largest absolute Gasteiger partial charge is 0.319 e. The van der Waals surface area contributed by atoms with Gasteiger partial charge in [-0.1, -0.05) is 25.0 Å². The van der Waals surface area contributed by atoms with Gasteiger partial charge in [-0.05, 0) is 43.2 Å². The number of hydrogen-bond acceptors (Lipinski definition) is 5. The maximum Gasteiger partial charge on any atom is 0.255 e. The first-order valence-electron chi connectivity index (χ1n) is 10.9. The third-order valence-electron chi connectivity index (χ3n) is 5.71. The molecule has 0 bridgehead atoms. The molecule has 2 N–H and O–H groups in total. The monoisotopic (exact) mass is 464 g/mol. The van der Waals surface area contributed by atoms with Crippen LogP contribution in [-0.4, -0.2) is 39.5 Å². The van der Waals surface area contributed by atoms with E-state index in [0.717, 1.165) is 37.0 Å². The van der Waals surface area contributed by atoms with Crippen molar-refractivity contribution in [3.05, 3.63) is 78.5 Å². The quantitative estimate of drug-likeness (QED) is 0.437. The van der Waals surface area contributed by atoms with Crippen LogP contribution < -0.4 is 10.0 Å². The molecule has 1 aliphatic carbocycles. The molecule has 9 nitrogen and oxygen atoms in total. The predicted molar refractivity (Wildman–Crippen MR) is 123 cm³/mol. The molecule has 1 amide bonds. The molecule has 33 heavy (non-hydrogen) atoms. The van der Waals surface area contributed by atoms with Gasteiger partial charge in [-0.15, -0.1) is 0 Å². The maximum atomic E-state index is 12.7. The van der Waals surface area contributed by atoms with Gasteiger partial charge in [0.05, 0.1) is 29.0 Å². The summed E-state index contributed by atoms with van der Waals surface area (Å²) in [5.41, 5.74) is 2.47. The molecule has 0 saturated heterocycles. The first kappa shape index (κ1) is 21.4. The molecule has 1 aromatic carbocycles. The van der Waals surface area contributed by atoms with Gasteiger partial charge < -0.3 is 9.72 Å². The van der Waals surface area contributed by atoms with E-state index >= 15 is 0 Å². The van der Waals surface area contributed by atoms with E-state index in [-0.39, 0.29) is 16.5 Å². The third kappa shape index (κ3) is 4.81. The standard InChI is InChI=1S/C23H24N6O3S/c30-23(17-6-5-9-21(12-17)33(31,32)27-18-7-1-2-8-18)26-19-13-24-29(15-19)16-20-14-28-11-4-3-10-22(28)25-20/h3-6,9-15,18,27H,1-2,7-8,16H2,(H,26,30). The molecule has 0 unspecified atom stereocenters. The molecule has 0 spiro atoms. The van der Waals surface area contributed by atoms with Crippen molar-refractivity contribution in [2.24, 2.45) is 0 Å². The highest BCUT2D eigenvalue weighted by Gasteiger charge is 2.23. The number of hydrogen-bond donors (Lipinski definition) is 2. The van der Waals surface area contributed by atoms with Crippen LogP contribution in [0, 0.1) is 0 Å². The summed E-state index contributed by atoms with van der Waals surface area (Å²) < 4.78 is 31.8. The summed E-state index contributed by atoms with van der Waals surface area (Å²) in [6.45, 7) is 0.456. The van der Waals surface area contributed by atoms with Crippen molar-refractivity contribution in [2.75, 3.05) is 5.32 Å². The maximum absolute atomic E-state index is 12.7. The van der Waals surface area contributed by atoms with Crippen LogP contribution in [0.4, 0.5) is 5.69 Å². The summed E-state index contributed by atoms with van der Waals surface area (Å²) in [5, 5.41) is 7.07. The molecule has 4 aromatic rings. The van der Waals surface area contributed by atoms with Gasteiger partial charge in [0, 0.05) is 30.2 Å². The summed E-state index contributed by atoms with van der Waals surface area (Å²) in [7, 11) is -3.67. The molecule has 3 heterocycles. The SMILES string of the molecule is O=C(Nc1cnn(Cc2cn3ccccc3n2)c1)c1cccc(S(=O)(=O)NC2CCCC2)c1. The molecular formula is C23H24N6O3S. The van der Waals surface area contributed by atoms with Gasteiger partial charge in [-0.25, -0.2) is 18.1 Å². The Morgan fingerprint density at radius 1 is 1.09 bits per heavy atom. The smallest absolute Gasteiger partial charge is 0.255 e. The predicted octanol–water partition coefficient (Wildman–Crippen LogP) is 3.05. The molecule has 3 aromatic heterocycles. The van der Waals surface area contributed by atoms with E-state index in [1.165, 1.54) is 12.1 Å². The summed E-state index contributed by atoms with van der Waals surface area (Å²) in [6.07, 6.45) is 10.9. The fourth-order valence-corrected chi connectivity index (χ4v) is 5.43. The van der Waals surface area contributed by atoms with Crippen LogP contribution >= 0.6 is 0 Å². The number of carbonyl (C=O) groups excluding carboxylic acids is 1. The molecule has 1 aliphatic rings. The molecule has 5 rings (SSSR count). The van der Waals surface area contributed by atoms with E-state index in [4.69, 9.17) is 0 Å². The van der Waals surface area contributed by atoms with Crippen LogP contribution in [0.2, 0.25) is 0 Å². The van der Waals surface area contributed by atoms with E-state index in [9.17, 15) is 13.2 Å². The summed E-state index contributed by atoms with van der Waals surface area (Å²) in [4.78, 5) is 17.4. The second-order valence-electron chi connectivity index (χ2n) is 8.21. The second-order valence-corrected chi connectivity index (χ2v) is 9.92. The molecule has 0 radical (unpaired) electrons. The molecule has 10 heteroatoms. The number of carbonyl (C=O) groups is 1. The summed E-state index contributed by atoms with van der Waals surface area (Å²) >= 11 is 0. The first-order valence-corrected chi connectivity index (χ1v) is 12.3. The highest BCUT2D eigenvalue weighted by molar-refractivity contribution is 7.89. The van der Waals surface area contributed by atoms with E-state index < -0.39 is 15.9 Å². The minimum Gasteiger partial charge on any atom is -0.319 e. The van der Waals surface area contributed by atoms with Crippen molar-refractivity contribution in [1.82, 2.24) is 23.9 Å². The highest BCUT2D eigenvalue weighted by atomic mass is 32.2. The van der Waals surface area contributed by atoms with Crippen LogP contribution in [0.15, 0.2) is 72.1 Å². The van der Waals surface area contributed by atoms with E-state index in [2.05, 4.69) is 20.1 Å². The van der Waals surface area contributed by atoms with Crippen molar-refractivity contribution in [3.63, 3.8) is 0 Å². The fourth-order valence-electron chi connectivity index (χ4n) is 4.08. The van der Waals surface area contributed by atoms with Crippen molar-refractivity contribution in [1.29, 1.82) is 0 Å². The summed E-state index contributed by atoms with van der Waals surface area (Å²) in [5.74, 6) is -0.403. The van der Waals surface area contributed by atoms with Crippen LogP contribution in [0.25, 0.3) is 5.65 Å². The lowest BCUT2D eigenvalue weighted by Crippen LogP contribution is -2.32. The number of nitrogens with one attached hydrogen (secondary N) is 2. The average Bonchev–Trinajstić information content (AvgIpc) is 3.55. The first-order chi connectivity index (χ1) is 16.0. The van der Waals surface area contributed by atoms with Crippen molar-refractivity contribution >= 4 is 27.3 Å². The molecule has 1 fully saturated rings. The zero-order valence-corrected chi connectivity index (χ0v) is 18.7. The van der Waals surface area contributed by atoms with Crippen molar-refractivity contribution in [2.45, 2.75) is 43.2 Å². The zero-order valence-electron chi connectivity index (χ0n) is 17.9. The number of sulfonamides is 1. The minimum absolute atomic E-state index is 0.0359. The number of nitrogens with zero attached hydrogens (tertiary/aromatic N) is 4. The van der Waals surface area contributed by atoms with E-state index in [0.29, 0.717) is 12.2 Å². The number of aromatic nitrogens is 4. The van der Waals surface area contributed by atoms with E-state index in [1.54, 1.807) is 29.2 Å². The molecule has 0 aliphatic heterocycles. The van der Waals surface area contributed by atoms with Crippen LogP contribution in [0.1, 0.15) is 41.7 Å². The Kier molecular flexibility index (Phi) is 5.69. The highest BCUT2D eigenvalue weighted by Crippen LogP contribution is 2.21. The van der Waals surface area contributed by atoms with Gasteiger partial charge >= 0.3 is 0 Å². The number of imidazole rings is 1. The fraction of sp³-hybridized carbons (Fsp3) is 0.261. The van der Waals surface area contributed by atoms with Gasteiger partial charge in [0.25, 0.3) is 5.91 Å². The Labute approximate surface area is 191 Å². The molecule has 170 valence electrons. The lowest BCUT2D eigenvalue weighted by molar-refractivity contribution is 0.102. The second kappa shape index (κ2) is 8.80. The van der Waals surface area contributed by atoms with Crippen LogP contribution in [0.5, 0.6) is 0 Å². The average molecular weight is 465 g/mol. The normalized spacial score (nSPS) is 14.7. The van der Waals surface area contributed by atoms with E-state index in [1.807, 2.05) is 35.0 Å². The van der Waals surface area contributed by atoms with Gasteiger partial charge in [-0.3, -0.25) is 9.48 Å². The Morgan fingerprint density at radius 2 is 1.94 bits per heavy atom. The van der Waals surface area contributed by atoms with Crippen molar-refractivity contribution < 1.29 is 13.2 Å². The number of pyridine rings is 1. The Morgan fingerprint density at radius 3 is 2.76 bits per heavy atom. The van der Waals surface area contributed by atoms with Crippen molar-refractivity contribution in [3.8, 4) is 0 Å². The topological polar surface area (TPSA) is 110 Å². The number of amides is 1. The molecule has 1 saturated carbocycles. The number of benzene rings is 1. The van der Waals surface area contributed by atoms with Gasteiger partial charge in [0.2, 0.25) is 10.0 Å². The minimum atomic E-state index is -3.67. The summed E-state index contributed by atoms with van der Waals surface area (Å²) in [6, 6.07) is 11.8.